The standard InChI is InChI=1S/C13H19F2NO2/c1-4-16(9(2)8-18-3)7-10-5-11(14)13(17)12(15)6-10/h5-6,9,17H,4,7-8H2,1-3H3. The summed E-state index contributed by atoms with van der Waals surface area (Å²) in [6.07, 6.45) is 0. The van der Waals surface area contributed by atoms with Gasteiger partial charge in [0.15, 0.2) is 17.4 Å². The highest BCUT2D eigenvalue weighted by atomic mass is 19.1. The molecule has 102 valence electrons. The molecule has 0 radical (unpaired) electrons. The molecule has 3 nitrogen and oxygen atoms in total. The monoisotopic (exact) mass is 259 g/mol. The Morgan fingerprint density at radius 1 is 1.33 bits per heavy atom. The van der Waals surface area contributed by atoms with Gasteiger partial charge in [0.1, 0.15) is 0 Å². The minimum absolute atomic E-state index is 0.153. The van der Waals surface area contributed by atoms with Crippen molar-refractivity contribution in [2.24, 2.45) is 0 Å². The summed E-state index contributed by atoms with van der Waals surface area (Å²) in [5, 5.41) is 9.03. The highest BCUT2D eigenvalue weighted by Crippen LogP contribution is 2.22. The zero-order chi connectivity index (χ0) is 13.7. The fraction of sp³-hybridized carbons (Fsp3) is 0.538. The molecule has 0 fully saturated rings. The van der Waals surface area contributed by atoms with Gasteiger partial charge in [0.2, 0.25) is 0 Å². The largest absolute Gasteiger partial charge is 0.503 e. The average molecular weight is 259 g/mol. The van der Waals surface area contributed by atoms with Gasteiger partial charge in [-0.3, -0.25) is 4.90 Å². The van der Waals surface area contributed by atoms with Crippen LogP contribution < -0.4 is 0 Å². The summed E-state index contributed by atoms with van der Waals surface area (Å²) >= 11 is 0. The second-order valence-corrected chi connectivity index (χ2v) is 4.28. The van der Waals surface area contributed by atoms with Crippen LogP contribution in [0, 0.1) is 11.6 Å². The van der Waals surface area contributed by atoms with Crippen molar-refractivity contribution in [3.63, 3.8) is 0 Å². The lowest BCUT2D eigenvalue weighted by Gasteiger charge is -2.27. The van der Waals surface area contributed by atoms with E-state index in [4.69, 9.17) is 9.84 Å². The van der Waals surface area contributed by atoms with Crippen LogP contribution in [0.3, 0.4) is 0 Å². The maximum Gasteiger partial charge on any atom is 0.187 e. The molecule has 0 aromatic heterocycles. The van der Waals surface area contributed by atoms with Gasteiger partial charge >= 0.3 is 0 Å². The SMILES string of the molecule is CCN(Cc1cc(F)c(O)c(F)c1)C(C)COC. The Morgan fingerprint density at radius 2 is 1.89 bits per heavy atom. The smallest absolute Gasteiger partial charge is 0.187 e. The number of phenolic OH excluding ortho intramolecular Hbond substituents is 1. The van der Waals surface area contributed by atoms with Crippen LogP contribution in [-0.2, 0) is 11.3 Å². The molecule has 0 saturated heterocycles. The Kier molecular flexibility index (Phi) is 5.50. The van der Waals surface area contributed by atoms with Gasteiger partial charge in [-0.05, 0) is 31.2 Å². The van der Waals surface area contributed by atoms with Crippen LogP contribution in [0.25, 0.3) is 0 Å². The number of benzene rings is 1. The van der Waals surface area contributed by atoms with Crippen LogP contribution >= 0.6 is 0 Å². The van der Waals surface area contributed by atoms with E-state index in [-0.39, 0.29) is 6.04 Å². The van der Waals surface area contributed by atoms with Crippen molar-refractivity contribution in [1.29, 1.82) is 0 Å². The third kappa shape index (κ3) is 3.65. The Bertz CT molecular complexity index is 376. The zero-order valence-corrected chi connectivity index (χ0v) is 10.9. The topological polar surface area (TPSA) is 32.7 Å². The van der Waals surface area contributed by atoms with Crippen LogP contribution in [0.1, 0.15) is 19.4 Å². The van der Waals surface area contributed by atoms with Crippen LogP contribution in [0.2, 0.25) is 0 Å². The van der Waals surface area contributed by atoms with Crippen molar-refractivity contribution in [3.8, 4) is 5.75 Å². The minimum Gasteiger partial charge on any atom is -0.503 e. The van der Waals surface area contributed by atoms with Gasteiger partial charge in [-0.15, -0.1) is 0 Å². The number of phenols is 1. The Hall–Kier alpha value is -1.20. The molecular weight excluding hydrogens is 240 g/mol. The first-order chi connectivity index (χ1) is 8.49. The molecule has 1 rings (SSSR count). The van der Waals surface area contributed by atoms with Gasteiger partial charge in [-0.2, -0.15) is 0 Å². The number of hydrogen-bond donors (Lipinski definition) is 1. The van der Waals surface area contributed by atoms with E-state index in [1.807, 2.05) is 18.7 Å². The van der Waals surface area contributed by atoms with Crippen molar-refractivity contribution in [2.75, 3.05) is 20.3 Å². The fourth-order valence-corrected chi connectivity index (χ4v) is 1.87. The molecule has 0 heterocycles. The molecule has 0 spiro atoms. The van der Waals surface area contributed by atoms with Crippen molar-refractivity contribution in [1.82, 2.24) is 4.90 Å². The van der Waals surface area contributed by atoms with E-state index in [1.165, 1.54) is 0 Å². The number of aromatic hydroxyl groups is 1. The third-order valence-corrected chi connectivity index (χ3v) is 2.90. The summed E-state index contributed by atoms with van der Waals surface area (Å²) in [5.41, 5.74) is 0.493. The number of ether oxygens (including phenoxy) is 1. The molecular formula is C13H19F2NO2. The fourth-order valence-electron chi connectivity index (χ4n) is 1.87. The van der Waals surface area contributed by atoms with Crippen LogP contribution in [0.4, 0.5) is 8.78 Å². The van der Waals surface area contributed by atoms with E-state index in [0.717, 1.165) is 18.7 Å². The predicted octanol–water partition coefficient (Wildman–Crippen LogP) is 2.53. The van der Waals surface area contributed by atoms with Gasteiger partial charge < -0.3 is 9.84 Å². The Labute approximate surface area is 106 Å². The molecule has 1 N–H and O–H groups in total. The van der Waals surface area contributed by atoms with Crippen molar-refractivity contribution < 1.29 is 18.6 Å². The normalized spacial score (nSPS) is 13.0. The highest BCUT2D eigenvalue weighted by Gasteiger charge is 2.15. The number of halogens is 2. The zero-order valence-electron chi connectivity index (χ0n) is 10.9. The quantitative estimate of drug-likeness (QED) is 0.852. The second kappa shape index (κ2) is 6.66. The highest BCUT2D eigenvalue weighted by molar-refractivity contribution is 5.30. The van der Waals surface area contributed by atoms with Gasteiger partial charge in [0, 0.05) is 19.7 Å². The Balaban J connectivity index is 2.82. The predicted molar refractivity (Wildman–Crippen MR) is 65.4 cm³/mol. The summed E-state index contributed by atoms with van der Waals surface area (Å²) in [5.74, 6) is -2.78. The van der Waals surface area contributed by atoms with Gasteiger partial charge in [0.25, 0.3) is 0 Å². The summed E-state index contributed by atoms with van der Waals surface area (Å²) in [6, 6.07) is 2.46. The molecule has 18 heavy (non-hydrogen) atoms. The van der Waals surface area contributed by atoms with Crippen molar-refractivity contribution >= 4 is 0 Å². The maximum absolute atomic E-state index is 13.2. The molecule has 0 saturated carbocycles. The molecule has 0 bridgehead atoms. The van der Waals surface area contributed by atoms with E-state index in [2.05, 4.69) is 0 Å². The summed E-state index contributed by atoms with van der Waals surface area (Å²) in [6.45, 7) is 5.67. The van der Waals surface area contributed by atoms with Gasteiger partial charge in [0.05, 0.1) is 6.61 Å². The maximum atomic E-state index is 13.2. The Morgan fingerprint density at radius 3 is 2.33 bits per heavy atom. The number of hydrogen-bond acceptors (Lipinski definition) is 3. The van der Waals surface area contributed by atoms with Crippen LogP contribution in [-0.4, -0.2) is 36.3 Å². The van der Waals surface area contributed by atoms with Gasteiger partial charge in [-0.1, -0.05) is 6.92 Å². The lowest BCUT2D eigenvalue weighted by Crippen LogP contribution is -2.35. The minimum atomic E-state index is -0.930. The molecule has 0 aliphatic carbocycles. The van der Waals surface area contributed by atoms with E-state index in [9.17, 15) is 8.78 Å². The lowest BCUT2D eigenvalue weighted by molar-refractivity contribution is 0.0980. The second-order valence-electron chi connectivity index (χ2n) is 4.28. The number of methoxy groups -OCH3 is 1. The van der Waals surface area contributed by atoms with Crippen LogP contribution in [0.15, 0.2) is 12.1 Å². The van der Waals surface area contributed by atoms with Gasteiger partial charge in [-0.25, -0.2) is 8.78 Å². The molecule has 0 aliphatic rings. The van der Waals surface area contributed by atoms with E-state index in [1.54, 1.807) is 7.11 Å². The first kappa shape index (κ1) is 14.9. The summed E-state index contributed by atoms with van der Waals surface area (Å²) in [4.78, 5) is 2.04. The van der Waals surface area contributed by atoms with Crippen molar-refractivity contribution in [3.05, 3.63) is 29.3 Å². The molecule has 0 aliphatic heterocycles. The number of rotatable bonds is 6. The van der Waals surface area contributed by atoms with E-state index < -0.39 is 17.4 Å². The molecule has 0 amide bonds. The lowest BCUT2D eigenvalue weighted by atomic mass is 10.1. The average Bonchev–Trinajstić information content (AvgIpc) is 2.33. The molecule has 1 unspecified atom stereocenters. The molecule has 5 heteroatoms. The first-order valence-electron chi connectivity index (χ1n) is 5.89. The number of nitrogens with zero attached hydrogens (tertiary/aromatic N) is 1. The molecule has 1 aromatic rings. The summed E-state index contributed by atoms with van der Waals surface area (Å²) in [7, 11) is 1.62. The van der Waals surface area contributed by atoms with E-state index >= 15 is 0 Å². The molecule has 1 atom stereocenters. The third-order valence-electron chi connectivity index (χ3n) is 2.90. The van der Waals surface area contributed by atoms with Crippen LogP contribution in [0.5, 0.6) is 5.75 Å². The van der Waals surface area contributed by atoms with E-state index in [0.29, 0.717) is 18.7 Å². The first-order valence-corrected chi connectivity index (χ1v) is 5.89. The number of likely N-dealkylation sites (N-methyl/N-ethyl adjacent to an activating group) is 1. The van der Waals surface area contributed by atoms with Crippen molar-refractivity contribution in [2.45, 2.75) is 26.4 Å². The summed E-state index contributed by atoms with van der Waals surface area (Å²) < 4.78 is 31.5. The molecule has 1 aromatic carbocycles.